The molecule has 0 aromatic heterocycles. The average molecular weight is 373 g/mol. The quantitative estimate of drug-likeness (QED) is 0.638. The molecule has 3 aromatic carbocycles. The van der Waals surface area contributed by atoms with Crippen LogP contribution in [0.5, 0.6) is 0 Å². The van der Waals surface area contributed by atoms with E-state index in [1.807, 2.05) is 74.5 Å². The van der Waals surface area contributed by atoms with Crippen LogP contribution < -0.4 is 5.32 Å². The van der Waals surface area contributed by atoms with Crippen LogP contribution in [0, 0.1) is 13.8 Å². The molecular weight excluding hydrogens is 350 g/mol. The molecular formula is C24H23NO3. The SMILES string of the molecule is Cc1cc(C)cc(C(=O)OCC(=O)Nc2ccccc2Cc2ccccc2)c1. The first-order chi connectivity index (χ1) is 13.5. The summed E-state index contributed by atoms with van der Waals surface area (Å²) in [7, 11) is 0. The van der Waals surface area contributed by atoms with E-state index in [1.54, 1.807) is 12.1 Å². The van der Waals surface area contributed by atoms with Crippen molar-refractivity contribution in [2.24, 2.45) is 0 Å². The molecule has 4 nitrogen and oxygen atoms in total. The fourth-order valence-corrected chi connectivity index (χ4v) is 3.11. The van der Waals surface area contributed by atoms with Crippen LogP contribution in [0.1, 0.15) is 32.6 Å². The van der Waals surface area contributed by atoms with E-state index in [9.17, 15) is 9.59 Å². The zero-order chi connectivity index (χ0) is 19.9. The summed E-state index contributed by atoms with van der Waals surface area (Å²) >= 11 is 0. The van der Waals surface area contributed by atoms with Gasteiger partial charge in [0.05, 0.1) is 5.56 Å². The van der Waals surface area contributed by atoms with Crippen LogP contribution in [-0.2, 0) is 16.0 Å². The molecule has 0 aliphatic carbocycles. The van der Waals surface area contributed by atoms with Crippen molar-refractivity contribution in [3.8, 4) is 0 Å². The minimum atomic E-state index is -0.500. The lowest BCUT2D eigenvalue weighted by Gasteiger charge is -2.12. The normalized spacial score (nSPS) is 10.4. The molecule has 4 heteroatoms. The van der Waals surface area contributed by atoms with E-state index in [0.717, 1.165) is 27.9 Å². The number of carbonyl (C=O) groups excluding carboxylic acids is 2. The highest BCUT2D eigenvalue weighted by molar-refractivity contribution is 5.96. The van der Waals surface area contributed by atoms with Crippen LogP contribution in [0.2, 0.25) is 0 Å². The zero-order valence-corrected chi connectivity index (χ0v) is 16.1. The van der Waals surface area contributed by atoms with Crippen molar-refractivity contribution in [2.75, 3.05) is 11.9 Å². The van der Waals surface area contributed by atoms with Gasteiger partial charge in [-0.05, 0) is 49.6 Å². The van der Waals surface area contributed by atoms with Crippen molar-refractivity contribution in [3.63, 3.8) is 0 Å². The third-order valence-electron chi connectivity index (χ3n) is 4.32. The van der Waals surface area contributed by atoms with Crippen molar-refractivity contribution in [3.05, 3.63) is 101 Å². The number of amides is 1. The molecule has 0 saturated carbocycles. The molecule has 142 valence electrons. The lowest BCUT2D eigenvalue weighted by molar-refractivity contribution is -0.119. The Morgan fingerprint density at radius 2 is 1.50 bits per heavy atom. The van der Waals surface area contributed by atoms with Gasteiger partial charge >= 0.3 is 5.97 Å². The molecule has 0 aliphatic heterocycles. The molecule has 1 amide bonds. The molecule has 0 heterocycles. The summed E-state index contributed by atoms with van der Waals surface area (Å²) in [4.78, 5) is 24.5. The summed E-state index contributed by atoms with van der Waals surface area (Å²) in [6.45, 7) is 3.51. The number of aryl methyl sites for hydroxylation is 2. The fraction of sp³-hybridized carbons (Fsp3) is 0.167. The second-order valence-electron chi connectivity index (χ2n) is 6.82. The number of nitrogens with one attached hydrogen (secondary N) is 1. The Hall–Kier alpha value is -3.40. The number of hydrogen-bond donors (Lipinski definition) is 1. The number of hydrogen-bond acceptors (Lipinski definition) is 3. The second-order valence-corrected chi connectivity index (χ2v) is 6.82. The number of para-hydroxylation sites is 1. The van der Waals surface area contributed by atoms with E-state index in [0.29, 0.717) is 12.0 Å². The Balaban J connectivity index is 1.61. The first kappa shape index (κ1) is 19.4. The monoisotopic (exact) mass is 373 g/mol. The van der Waals surface area contributed by atoms with Crippen LogP contribution in [-0.4, -0.2) is 18.5 Å². The van der Waals surface area contributed by atoms with Gasteiger partial charge in [-0.3, -0.25) is 4.79 Å². The molecule has 0 spiro atoms. The van der Waals surface area contributed by atoms with Crippen molar-refractivity contribution in [2.45, 2.75) is 20.3 Å². The van der Waals surface area contributed by atoms with Crippen molar-refractivity contribution in [1.29, 1.82) is 0 Å². The van der Waals surface area contributed by atoms with Crippen molar-refractivity contribution >= 4 is 17.6 Å². The van der Waals surface area contributed by atoms with Gasteiger partial charge in [-0.25, -0.2) is 4.79 Å². The number of carbonyl (C=O) groups is 2. The second kappa shape index (κ2) is 9.00. The Bertz CT molecular complexity index is 960. The Labute approximate surface area is 165 Å². The zero-order valence-electron chi connectivity index (χ0n) is 16.1. The van der Waals surface area contributed by atoms with E-state index >= 15 is 0 Å². The average Bonchev–Trinajstić information content (AvgIpc) is 2.68. The molecule has 0 unspecified atom stereocenters. The minimum absolute atomic E-state index is 0.328. The highest BCUT2D eigenvalue weighted by atomic mass is 16.5. The molecule has 3 rings (SSSR count). The van der Waals surface area contributed by atoms with Crippen LogP contribution in [0.25, 0.3) is 0 Å². The standard InChI is InChI=1S/C24H23NO3/c1-17-12-18(2)14-21(13-17)24(27)28-16-23(26)25-22-11-7-6-10-20(22)15-19-8-4-3-5-9-19/h3-14H,15-16H2,1-2H3,(H,25,26). The number of benzene rings is 3. The first-order valence-electron chi connectivity index (χ1n) is 9.18. The van der Waals surface area contributed by atoms with Gasteiger partial charge in [0, 0.05) is 5.69 Å². The molecule has 1 N–H and O–H groups in total. The lowest BCUT2D eigenvalue weighted by atomic mass is 10.0. The number of rotatable bonds is 6. The third kappa shape index (κ3) is 5.30. The van der Waals surface area contributed by atoms with Crippen LogP contribution in [0.3, 0.4) is 0 Å². The van der Waals surface area contributed by atoms with Gasteiger partial charge in [0.25, 0.3) is 5.91 Å². The van der Waals surface area contributed by atoms with Crippen LogP contribution in [0.15, 0.2) is 72.8 Å². The molecule has 0 fully saturated rings. The van der Waals surface area contributed by atoms with E-state index in [4.69, 9.17) is 4.74 Å². The lowest BCUT2D eigenvalue weighted by Crippen LogP contribution is -2.21. The Morgan fingerprint density at radius 1 is 0.857 bits per heavy atom. The maximum Gasteiger partial charge on any atom is 0.338 e. The summed E-state index contributed by atoms with van der Waals surface area (Å²) in [6.07, 6.45) is 0.708. The number of anilines is 1. The first-order valence-corrected chi connectivity index (χ1v) is 9.18. The molecule has 0 aliphatic rings. The van der Waals surface area contributed by atoms with Crippen molar-refractivity contribution in [1.82, 2.24) is 0 Å². The maximum absolute atomic E-state index is 12.3. The Kier molecular flexibility index (Phi) is 6.22. The molecule has 0 atom stereocenters. The molecule has 0 bridgehead atoms. The van der Waals surface area contributed by atoms with Gasteiger partial charge in [0.1, 0.15) is 0 Å². The molecule has 0 saturated heterocycles. The maximum atomic E-state index is 12.3. The van der Waals surface area contributed by atoms with E-state index in [1.165, 1.54) is 0 Å². The van der Waals surface area contributed by atoms with E-state index in [-0.39, 0.29) is 12.5 Å². The largest absolute Gasteiger partial charge is 0.452 e. The third-order valence-corrected chi connectivity index (χ3v) is 4.32. The van der Waals surface area contributed by atoms with Gasteiger partial charge < -0.3 is 10.1 Å². The summed E-state index contributed by atoms with van der Waals surface area (Å²) in [5, 5.41) is 2.84. The highest BCUT2D eigenvalue weighted by Gasteiger charge is 2.12. The van der Waals surface area contributed by atoms with Gasteiger partial charge in [-0.1, -0.05) is 65.7 Å². The van der Waals surface area contributed by atoms with E-state index < -0.39 is 5.97 Å². The van der Waals surface area contributed by atoms with Gasteiger partial charge in [0.2, 0.25) is 0 Å². The topological polar surface area (TPSA) is 55.4 Å². The van der Waals surface area contributed by atoms with Crippen molar-refractivity contribution < 1.29 is 14.3 Å². The van der Waals surface area contributed by atoms with Gasteiger partial charge in [-0.15, -0.1) is 0 Å². The summed E-state index contributed by atoms with van der Waals surface area (Å²) in [5.41, 5.74) is 5.29. The fourth-order valence-electron chi connectivity index (χ4n) is 3.11. The molecule has 3 aromatic rings. The number of esters is 1. The van der Waals surface area contributed by atoms with Crippen LogP contribution in [0.4, 0.5) is 5.69 Å². The summed E-state index contributed by atoms with van der Waals surface area (Å²) in [6, 6.07) is 23.2. The predicted molar refractivity (Wildman–Crippen MR) is 111 cm³/mol. The highest BCUT2D eigenvalue weighted by Crippen LogP contribution is 2.19. The van der Waals surface area contributed by atoms with Gasteiger partial charge in [0.15, 0.2) is 6.61 Å². The number of ether oxygens (including phenoxy) is 1. The predicted octanol–water partition coefficient (Wildman–Crippen LogP) is 4.69. The van der Waals surface area contributed by atoms with E-state index in [2.05, 4.69) is 5.32 Å². The van der Waals surface area contributed by atoms with Gasteiger partial charge in [-0.2, -0.15) is 0 Å². The summed E-state index contributed by atoms with van der Waals surface area (Å²) in [5.74, 6) is -0.863. The smallest absolute Gasteiger partial charge is 0.338 e. The Morgan fingerprint density at radius 3 is 2.21 bits per heavy atom. The summed E-state index contributed by atoms with van der Waals surface area (Å²) < 4.78 is 5.18. The minimum Gasteiger partial charge on any atom is -0.452 e. The van der Waals surface area contributed by atoms with Crippen LogP contribution >= 0.6 is 0 Å². The molecule has 28 heavy (non-hydrogen) atoms. The molecule has 0 radical (unpaired) electrons.